The molecule has 12 heteroatoms. The number of aromatic nitrogens is 1. The van der Waals surface area contributed by atoms with E-state index in [1.807, 2.05) is 18.2 Å². The molecule has 2 heterocycles. The summed E-state index contributed by atoms with van der Waals surface area (Å²) in [6.45, 7) is 2.97. The van der Waals surface area contributed by atoms with Crippen molar-refractivity contribution < 1.29 is 23.6 Å². The number of carbonyl (C=O) groups excluding carboxylic acids is 4. The van der Waals surface area contributed by atoms with Gasteiger partial charge in [0.25, 0.3) is 5.91 Å². The molecule has 1 fully saturated rings. The number of nitrogens with zero attached hydrogens (tertiary/aromatic N) is 2. The van der Waals surface area contributed by atoms with E-state index in [9.17, 15) is 23.6 Å². The lowest BCUT2D eigenvalue weighted by Crippen LogP contribution is -2.56. The molecule has 1 saturated heterocycles. The summed E-state index contributed by atoms with van der Waals surface area (Å²) in [5.41, 5.74) is 6.07. The predicted octanol–water partition coefficient (Wildman–Crippen LogP) is 1.27. The molecule has 1 aromatic carbocycles. The van der Waals surface area contributed by atoms with Gasteiger partial charge in [0.1, 0.15) is 24.5 Å². The van der Waals surface area contributed by atoms with E-state index in [-0.39, 0.29) is 30.5 Å². The summed E-state index contributed by atoms with van der Waals surface area (Å²) in [5, 5.41) is 16.0. The molecule has 210 valence electrons. The number of ketones is 1. The molecular formula is C27H36FN7O4. The van der Waals surface area contributed by atoms with Crippen molar-refractivity contribution in [1.29, 1.82) is 5.41 Å². The maximum absolute atomic E-state index is 13.6. The Labute approximate surface area is 226 Å². The van der Waals surface area contributed by atoms with Gasteiger partial charge in [0.15, 0.2) is 11.7 Å². The summed E-state index contributed by atoms with van der Waals surface area (Å²) in [6.07, 6.45) is 1.47. The number of para-hydroxylation sites is 1. The molecule has 1 aromatic heterocycles. The molecule has 0 spiro atoms. The maximum atomic E-state index is 13.6. The van der Waals surface area contributed by atoms with E-state index in [0.717, 1.165) is 5.39 Å². The third-order valence-corrected chi connectivity index (χ3v) is 6.71. The molecule has 0 saturated carbocycles. The molecule has 3 amide bonds. The number of likely N-dealkylation sites (tertiary alicyclic amines) is 1. The van der Waals surface area contributed by atoms with E-state index in [1.54, 1.807) is 32.0 Å². The monoisotopic (exact) mass is 541 g/mol. The lowest BCUT2D eigenvalue weighted by molar-refractivity contribution is -0.141. The minimum Gasteiger partial charge on any atom is -0.370 e. The molecule has 39 heavy (non-hydrogen) atoms. The van der Waals surface area contributed by atoms with Crippen molar-refractivity contribution in [3.05, 3.63) is 42.1 Å². The summed E-state index contributed by atoms with van der Waals surface area (Å²) < 4.78 is 13.2. The molecule has 3 unspecified atom stereocenters. The smallest absolute Gasteiger partial charge is 0.270 e. The van der Waals surface area contributed by atoms with E-state index in [4.69, 9.17) is 11.1 Å². The number of benzene rings is 1. The molecule has 0 radical (unpaired) electrons. The standard InChI is InChI=1S/C27H36FN7O4/c1-16(2)23(34-24(37)20-12-11-17-7-3-4-8-18(17)32-20)26(39)35-14-6-10-21(35)25(38)33-19(22(36)15-28)9-5-13-31-27(29)30/h3-4,7-8,11-12,16,19,21,23H,5-6,9-10,13-15H2,1-2H3,(H,33,38)(H,34,37)(H4,29,30,31). The fourth-order valence-corrected chi connectivity index (χ4v) is 4.61. The zero-order chi connectivity index (χ0) is 28.5. The van der Waals surface area contributed by atoms with Crippen LogP contribution in [0.5, 0.6) is 0 Å². The summed E-state index contributed by atoms with van der Waals surface area (Å²) in [6, 6.07) is 7.96. The molecule has 0 aliphatic carbocycles. The number of Topliss-reactive ketones (excluding diaryl/α,β-unsaturated/α-hetero) is 1. The Morgan fingerprint density at radius 2 is 1.90 bits per heavy atom. The van der Waals surface area contributed by atoms with Crippen LogP contribution in [0, 0.1) is 11.3 Å². The number of pyridine rings is 1. The average Bonchev–Trinajstić information content (AvgIpc) is 3.42. The first-order valence-electron chi connectivity index (χ1n) is 13.1. The van der Waals surface area contributed by atoms with Gasteiger partial charge in [0, 0.05) is 18.5 Å². The van der Waals surface area contributed by atoms with Gasteiger partial charge in [-0.25, -0.2) is 9.37 Å². The van der Waals surface area contributed by atoms with Crippen LogP contribution in [0.1, 0.15) is 50.0 Å². The van der Waals surface area contributed by atoms with Crippen LogP contribution in [0.4, 0.5) is 4.39 Å². The first-order chi connectivity index (χ1) is 18.6. The SMILES string of the molecule is CC(C)C(NC(=O)c1ccc2ccccc2n1)C(=O)N1CCCC1C(=O)NC(CCCNC(=N)N)C(=O)CF. The van der Waals surface area contributed by atoms with Crippen LogP contribution >= 0.6 is 0 Å². The Morgan fingerprint density at radius 3 is 2.59 bits per heavy atom. The van der Waals surface area contributed by atoms with Gasteiger partial charge in [-0.05, 0) is 43.7 Å². The number of amides is 3. The highest BCUT2D eigenvalue weighted by Gasteiger charge is 2.39. The van der Waals surface area contributed by atoms with Crippen LogP contribution in [0.15, 0.2) is 36.4 Å². The number of fused-ring (bicyclic) bond motifs is 1. The number of halogens is 1. The number of hydrogen-bond acceptors (Lipinski definition) is 6. The van der Waals surface area contributed by atoms with Crippen molar-refractivity contribution in [3.8, 4) is 0 Å². The number of nitrogens with two attached hydrogens (primary N) is 1. The predicted molar refractivity (Wildman–Crippen MR) is 145 cm³/mol. The highest BCUT2D eigenvalue weighted by atomic mass is 19.1. The Hall–Kier alpha value is -4.09. The van der Waals surface area contributed by atoms with Gasteiger partial charge < -0.3 is 26.6 Å². The zero-order valence-electron chi connectivity index (χ0n) is 22.2. The van der Waals surface area contributed by atoms with Gasteiger partial charge in [-0.2, -0.15) is 0 Å². The molecule has 3 rings (SSSR count). The molecule has 1 aliphatic rings. The summed E-state index contributed by atoms with van der Waals surface area (Å²) in [4.78, 5) is 57.7. The minimum atomic E-state index is -1.23. The topological polar surface area (TPSA) is 170 Å². The highest BCUT2D eigenvalue weighted by molar-refractivity contribution is 5.99. The Bertz CT molecular complexity index is 1220. The van der Waals surface area contributed by atoms with E-state index < -0.39 is 48.3 Å². The Balaban J connectivity index is 1.68. The number of nitrogens with one attached hydrogen (secondary N) is 4. The number of guanidine groups is 1. The second-order valence-electron chi connectivity index (χ2n) is 9.92. The van der Waals surface area contributed by atoms with Gasteiger partial charge in [0.05, 0.1) is 11.6 Å². The molecule has 6 N–H and O–H groups in total. The Morgan fingerprint density at radius 1 is 1.15 bits per heavy atom. The lowest BCUT2D eigenvalue weighted by atomic mass is 10.0. The van der Waals surface area contributed by atoms with Crippen LogP contribution in [-0.4, -0.2) is 77.2 Å². The molecular weight excluding hydrogens is 505 g/mol. The van der Waals surface area contributed by atoms with Crippen molar-refractivity contribution in [2.24, 2.45) is 11.7 Å². The van der Waals surface area contributed by atoms with Gasteiger partial charge in [-0.15, -0.1) is 0 Å². The van der Waals surface area contributed by atoms with Crippen LogP contribution in [0.25, 0.3) is 10.9 Å². The third kappa shape index (κ3) is 7.71. The van der Waals surface area contributed by atoms with Gasteiger partial charge in [-0.3, -0.25) is 24.6 Å². The van der Waals surface area contributed by atoms with Crippen molar-refractivity contribution in [2.75, 3.05) is 19.8 Å². The average molecular weight is 542 g/mol. The van der Waals surface area contributed by atoms with Gasteiger partial charge in [-0.1, -0.05) is 38.1 Å². The van der Waals surface area contributed by atoms with Crippen molar-refractivity contribution >= 4 is 40.4 Å². The minimum absolute atomic E-state index is 0.152. The van der Waals surface area contributed by atoms with E-state index in [2.05, 4.69) is 20.9 Å². The van der Waals surface area contributed by atoms with Crippen molar-refractivity contribution in [3.63, 3.8) is 0 Å². The third-order valence-electron chi connectivity index (χ3n) is 6.71. The first kappa shape index (κ1) is 29.5. The second kappa shape index (κ2) is 13.6. The lowest BCUT2D eigenvalue weighted by Gasteiger charge is -2.31. The van der Waals surface area contributed by atoms with Crippen LogP contribution in [0.2, 0.25) is 0 Å². The number of rotatable bonds is 12. The van der Waals surface area contributed by atoms with E-state index in [1.165, 1.54) is 4.90 Å². The molecule has 0 bridgehead atoms. The van der Waals surface area contributed by atoms with Gasteiger partial charge in [0.2, 0.25) is 11.8 Å². The summed E-state index contributed by atoms with van der Waals surface area (Å²) in [7, 11) is 0. The summed E-state index contributed by atoms with van der Waals surface area (Å²) >= 11 is 0. The number of alkyl halides is 1. The fourth-order valence-electron chi connectivity index (χ4n) is 4.61. The normalized spacial score (nSPS) is 16.5. The molecule has 3 atom stereocenters. The highest BCUT2D eigenvalue weighted by Crippen LogP contribution is 2.21. The van der Waals surface area contributed by atoms with Crippen LogP contribution in [-0.2, 0) is 14.4 Å². The molecule has 1 aliphatic heterocycles. The number of carbonyl (C=O) groups is 4. The van der Waals surface area contributed by atoms with E-state index >= 15 is 0 Å². The zero-order valence-corrected chi connectivity index (χ0v) is 22.2. The van der Waals surface area contributed by atoms with Crippen molar-refractivity contribution in [2.45, 2.75) is 57.7 Å². The summed E-state index contributed by atoms with van der Waals surface area (Å²) in [5.74, 6) is -2.72. The second-order valence-corrected chi connectivity index (χ2v) is 9.92. The Kier molecular flexibility index (Phi) is 10.3. The number of hydrogen-bond donors (Lipinski definition) is 5. The first-order valence-corrected chi connectivity index (χ1v) is 13.1. The van der Waals surface area contributed by atoms with Gasteiger partial charge >= 0.3 is 0 Å². The quantitative estimate of drug-likeness (QED) is 0.153. The maximum Gasteiger partial charge on any atom is 0.270 e. The van der Waals surface area contributed by atoms with Crippen LogP contribution in [0.3, 0.4) is 0 Å². The molecule has 11 nitrogen and oxygen atoms in total. The fraction of sp³-hybridized carbons (Fsp3) is 0.481. The van der Waals surface area contributed by atoms with Crippen LogP contribution < -0.4 is 21.7 Å². The van der Waals surface area contributed by atoms with Crippen molar-refractivity contribution in [1.82, 2.24) is 25.8 Å². The van der Waals surface area contributed by atoms with E-state index in [0.29, 0.717) is 31.3 Å². The largest absolute Gasteiger partial charge is 0.370 e. The molecule has 2 aromatic rings.